The maximum atomic E-state index is 13.4. The summed E-state index contributed by atoms with van der Waals surface area (Å²) >= 11 is 3.47. The minimum absolute atomic E-state index is 0.286. The van der Waals surface area contributed by atoms with E-state index in [0.717, 1.165) is 21.1 Å². The first kappa shape index (κ1) is 14.3. The van der Waals surface area contributed by atoms with Crippen LogP contribution in [0.1, 0.15) is 30.0 Å². The van der Waals surface area contributed by atoms with E-state index in [1.165, 1.54) is 12.1 Å². The summed E-state index contributed by atoms with van der Waals surface area (Å²) in [7, 11) is 0. The molecule has 1 unspecified atom stereocenters. The molecule has 1 atom stereocenters. The van der Waals surface area contributed by atoms with Gasteiger partial charge < -0.3 is 10.2 Å². The highest BCUT2D eigenvalue weighted by atomic mass is 79.9. The molecular weight excluding hydrogens is 337 g/mol. The quantitative estimate of drug-likeness (QED) is 0.778. The van der Waals surface area contributed by atoms with Crippen LogP contribution >= 0.6 is 15.9 Å². The van der Waals surface area contributed by atoms with Crippen molar-refractivity contribution < 1.29 is 8.81 Å². The lowest BCUT2D eigenvalue weighted by Crippen LogP contribution is -2.18. The van der Waals surface area contributed by atoms with Gasteiger partial charge in [-0.25, -0.2) is 4.39 Å². The molecule has 0 saturated heterocycles. The van der Waals surface area contributed by atoms with Crippen LogP contribution in [0.25, 0.3) is 11.0 Å². The summed E-state index contributed by atoms with van der Waals surface area (Å²) < 4.78 is 21.9. The number of aryl methyl sites for hydroxylation is 2. The van der Waals surface area contributed by atoms with Crippen molar-refractivity contribution in [2.45, 2.75) is 26.4 Å². The second kappa shape index (κ2) is 5.27. The number of furan rings is 1. The van der Waals surface area contributed by atoms with Crippen molar-refractivity contribution in [3.05, 3.63) is 51.7 Å². The Morgan fingerprint density at radius 2 is 2.24 bits per heavy atom. The lowest BCUT2D eigenvalue weighted by molar-refractivity contribution is 0.496. The molecule has 2 aromatic heterocycles. The molecule has 0 spiro atoms. The van der Waals surface area contributed by atoms with Gasteiger partial charge in [0.15, 0.2) is 0 Å². The lowest BCUT2D eigenvalue weighted by Gasteiger charge is -2.13. The van der Waals surface area contributed by atoms with Gasteiger partial charge in [0.25, 0.3) is 0 Å². The minimum atomic E-state index is -0.461. The van der Waals surface area contributed by atoms with Crippen molar-refractivity contribution in [1.29, 1.82) is 0 Å². The van der Waals surface area contributed by atoms with Crippen molar-refractivity contribution >= 4 is 26.9 Å². The molecule has 2 heterocycles. The van der Waals surface area contributed by atoms with Crippen LogP contribution in [0.3, 0.4) is 0 Å². The predicted molar refractivity (Wildman–Crippen MR) is 82.5 cm³/mol. The van der Waals surface area contributed by atoms with Gasteiger partial charge in [-0.15, -0.1) is 0 Å². The fourth-order valence-electron chi connectivity index (χ4n) is 2.57. The Hall–Kier alpha value is -1.66. The summed E-state index contributed by atoms with van der Waals surface area (Å²) in [4.78, 5) is 0. The molecule has 0 aliphatic carbocycles. The number of hydrogen-bond donors (Lipinski definition) is 1. The van der Waals surface area contributed by atoms with E-state index >= 15 is 0 Å². The Kier molecular flexibility index (Phi) is 3.59. The molecule has 110 valence electrons. The third kappa shape index (κ3) is 2.28. The summed E-state index contributed by atoms with van der Waals surface area (Å²) in [6, 6.07) is 4.01. The van der Waals surface area contributed by atoms with Crippen LogP contribution in [0.4, 0.5) is 4.39 Å². The molecule has 3 rings (SSSR count). The van der Waals surface area contributed by atoms with Gasteiger partial charge >= 0.3 is 0 Å². The molecule has 0 saturated carbocycles. The van der Waals surface area contributed by atoms with Crippen LogP contribution in [0.5, 0.6) is 0 Å². The van der Waals surface area contributed by atoms with E-state index in [2.05, 4.69) is 21.0 Å². The Morgan fingerprint density at radius 3 is 2.95 bits per heavy atom. The second-order valence-electron chi connectivity index (χ2n) is 4.90. The summed E-state index contributed by atoms with van der Waals surface area (Å²) in [5.74, 6) is 0.345. The van der Waals surface area contributed by atoms with E-state index < -0.39 is 6.04 Å². The Bertz CT molecular complexity index is 809. The van der Waals surface area contributed by atoms with E-state index in [1.807, 2.05) is 18.5 Å². The van der Waals surface area contributed by atoms with Crippen molar-refractivity contribution in [1.82, 2.24) is 9.78 Å². The van der Waals surface area contributed by atoms with Gasteiger partial charge in [-0.1, -0.05) is 0 Å². The number of rotatable bonds is 3. The van der Waals surface area contributed by atoms with Crippen LogP contribution in [0.15, 0.2) is 33.3 Å². The number of halogens is 2. The van der Waals surface area contributed by atoms with Gasteiger partial charge in [0, 0.05) is 17.5 Å². The summed E-state index contributed by atoms with van der Waals surface area (Å²) in [5.41, 5.74) is 8.70. The van der Waals surface area contributed by atoms with Gasteiger partial charge in [-0.05, 0) is 48.0 Å². The number of fused-ring (bicyclic) bond motifs is 1. The third-order valence-corrected chi connectivity index (χ3v) is 4.26. The molecule has 2 N–H and O–H groups in total. The Morgan fingerprint density at radius 1 is 1.48 bits per heavy atom. The fraction of sp³-hybridized carbons (Fsp3) is 0.267. The topological polar surface area (TPSA) is 57.0 Å². The zero-order valence-corrected chi connectivity index (χ0v) is 13.3. The molecule has 21 heavy (non-hydrogen) atoms. The number of hydrogen-bond acceptors (Lipinski definition) is 3. The molecule has 0 amide bonds. The van der Waals surface area contributed by atoms with Crippen LogP contribution in [-0.4, -0.2) is 9.78 Å². The molecule has 3 aromatic rings. The third-order valence-electron chi connectivity index (χ3n) is 3.64. The maximum Gasteiger partial charge on any atom is 0.134 e. The average Bonchev–Trinajstić information content (AvgIpc) is 2.99. The molecular formula is C15H15BrFN3O. The fourth-order valence-corrected chi connectivity index (χ4v) is 3.11. The molecule has 6 heteroatoms. The second-order valence-corrected chi connectivity index (χ2v) is 5.76. The van der Waals surface area contributed by atoms with Crippen molar-refractivity contribution in [2.75, 3.05) is 0 Å². The van der Waals surface area contributed by atoms with Crippen molar-refractivity contribution in [2.24, 2.45) is 5.73 Å². The van der Waals surface area contributed by atoms with Gasteiger partial charge in [-0.3, -0.25) is 4.68 Å². The lowest BCUT2D eigenvalue weighted by atomic mass is 10.1. The van der Waals surface area contributed by atoms with E-state index in [4.69, 9.17) is 10.2 Å². The van der Waals surface area contributed by atoms with Crippen molar-refractivity contribution in [3.63, 3.8) is 0 Å². The van der Waals surface area contributed by atoms with Gasteiger partial charge in [-0.2, -0.15) is 5.10 Å². The number of nitrogens with two attached hydrogens (primary N) is 1. The smallest absolute Gasteiger partial charge is 0.134 e. The van der Waals surface area contributed by atoms with Crippen LogP contribution < -0.4 is 5.73 Å². The monoisotopic (exact) mass is 351 g/mol. The molecule has 1 aromatic carbocycles. The molecule has 0 bridgehead atoms. The molecule has 0 radical (unpaired) electrons. The first-order valence-electron chi connectivity index (χ1n) is 6.68. The van der Waals surface area contributed by atoms with Crippen LogP contribution in [-0.2, 0) is 6.54 Å². The highest BCUT2D eigenvalue weighted by Gasteiger charge is 2.24. The van der Waals surface area contributed by atoms with E-state index in [9.17, 15) is 4.39 Å². The number of benzene rings is 1. The van der Waals surface area contributed by atoms with Gasteiger partial charge in [0.1, 0.15) is 23.2 Å². The molecule has 0 aliphatic heterocycles. The van der Waals surface area contributed by atoms with Crippen LogP contribution in [0, 0.1) is 12.7 Å². The van der Waals surface area contributed by atoms with E-state index in [-0.39, 0.29) is 5.82 Å². The first-order valence-corrected chi connectivity index (χ1v) is 7.47. The highest BCUT2D eigenvalue weighted by molar-refractivity contribution is 9.10. The molecule has 4 nitrogen and oxygen atoms in total. The summed E-state index contributed by atoms with van der Waals surface area (Å²) in [5, 5.41) is 5.02. The average molecular weight is 352 g/mol. The number of aromatic nitrogens is 2. The normalized spacial score (nSPS) is 13.0. The summed E-state index contributed by atoms with van der Waals surface area (Å²) in [6.07, 6.45) is 1.72. The van der Waals surface area contributed by atoms with Crippen LogP contribution in [0.2, 0.25) is 0 Å². The SMILES string of the molecule is CCn1ncc(Br)c1C(N)c1oc2ccc(F)cc2c1C. The summed E-state index contributed by atoms with van der Waals surface area (Å²) in [6.45, 7) is 4.60. The predicted octanol–water partition coefficient (Wildman–Crippen LogP) is 3.91. The maximum absolute atomic E-state index is 13.4. The molecule has 0 aliphatic rings. The van der Waals surface area contributed by atoms with E-state index in [0.29, 0.717) is 17.9 Å². The van der Waals surface area contributed by atoms with Gasteiger partial charge in [0.2, 0.25) is 0 Å². The Labute approximate surface area is 129 Å². The molecule has 0 fully saturated rings. The number of nitrogens with zero attached hydrogens (tertiary/aromatic N) is 2. The van der Waals surface area contributed by atoms with Gasteiger partial charge in [0.05, 0.1) is 16.4 Å². The zero-order chi connectivity index (χ0) is 15.1. The standard InChI is InChI=1S/C15H15BrFN3O/c1-3-20-14(11(16)7-19-20)13(18)15-8(2)10-6-9(17)4-5-12(10)21-15/h4-7,13H,3,18H2,1-2H3. The Balaban J connectivity index is 2.15. The highest BCUT2D eigenvalue weighted by Crippen LogP contribution is 2.34. The first-order chi connectivity index (χ1) is 10.0. The van der Waals surface area contributed by atoms with Crippen molar-refractivity contribution in [3.8, 4) is 0 Å². The minimum Gasteiger partial charge on any atom is -0.459 e. The van der Waals surface area contributed by atoms with E-state index in [1.54, 1.807) is 12.3 Å². The largest absolute Gasteiger partial charge is 0.459 e. The zero-order valence-electron chi connectivity index (χ0n) is 11.7.